The van der Waals surface area contributed by atoms with Gasteiger partial charge in [-0.3, -0.25) is 9.59 Å². The van der Waals surface area contributed by atoms with Crippen molar-refractivity contribution in [2.24, 2.45) is 38.7 Å². The zero-order chi connectivity index (χ0) is 26.3. The van der Waals surface area contributed by atoms with Crippen molar-refractivity contribution in [2.45, 2.75) is 86.5 Å². The number of carbonyl (C=O) groups is 2. The summed E-state index contributed by atoms with van der Waals surface area (Å²) in [6, 6.07) is 0. The van der Waals surface area contributed by atoms with E-state index >= 15 is 0 Å². The van der Waals surface area contributed by atoms with Gasteiger partial charge in [0.1, 0.15) is 13.3 Å². The first-order valence-corrected chi connectivity index (χ1v) is 13.7. The molecule has 2 N–H and O–H groups in total. The lowest BCUT2D eigenvalue weighted by Crippen LogP contribution is -2.62. The van der Waals surface area contributed by atoms with E-state index < -0.39 is 12.1 Å². The average Bonchev–Trinajstić information content (AvgIpc) is 2.82. The summed E-state index contributed by atoms with van der Waals surface area (Å²) >= 11 is 0. The molecule has 0 aliphatic heterocycles. The predicted octanol–water partition coefficient (Wildman–Crippen LogP) is 6.53. The Morgan fingerprint density at radius 1 is 1.06 bits per heavy atom. The van der Waals surface area contributed by atoms with E-state index in [2.05, 4.69) is 46.8 Å². The van der Waals surface area contributed by atoms with E-state index in [0.29, 0.717) is 5.92 Å². The molecule has 5 aliphatic carbocycles. The number of ketones is 1. The second-order valence-corrected chi connectivity index (χ2v) is 13.5. The second kappa shape index (κ2) is 7.91. The average molecular weight is 496 g/mol. The van der Waals surface area contributed by atoms with Crippen LogP contribution in [0.5, 0.6) is 0 Å². The summed E-state index contributed by atoms with van der Waals surface area (Å²) in [5, 5.41) is 0. The van der Waals surface area contributed by atoms with Crippen molar-refractivity contribution < 1.29 is 18.7 Å². The van der Waals surface area contributed by atoms with Crippen LogP contribution in [0.3, 0.4) is 0 Å². The van der Waals surface area contributed by atoms with Gasteiger partial charge in [-0.25, -0.2) is 4.39 Å². The van der Waals surface area contributed by atoms with Crippen LogP contribution in [0.2, 0.25) is 0 Å². The fourth-order valence-corrected chi connectivity index (χ4v) is 8.99. The Balaban J connectivity index is 1.60. The van der Waals surface area contributed by atoms with Crippen LogP contribution < -0.4 is 5.73 Å². The van der Waals surface area contributed by atoms with E-state index in [9.17, 15) is 14.0 Å². The maximum absolute atomic E-state index is 13.1. The van der Waals surface area contributed by atoms with Crippen LogP contribution >= 0.6 is 0 Å². The van der Waals surface area contributed by atoms with Crippen molar-refractivity contribution in [3.05, 3.63) is 46.3 Å². The molecule has 5 rings (SSSR count). The molecule has 6 atom stereocenters. The first kappa shape index (κ1) is 25.5. The maximum atomic E-state index is 13.1. The Kier molecular flexibility index (Phi) is 5.60. The van der Waals surface area contributed by atoms with Crippen LogP contribution in [0, 0.1) is 33.0 Å². The lowest BCUT2D eigenvalue weighted by molar-refractivity contribution is -0.167. The number of allylic oxidation sites excluding steroid dienone is 7. The molecular formula is C31H42FNO3. The molecule has 0 spiro atoms. The third kappa shape index (κ3) is 3.16. The largest absolute Gasteiger partial charge is 0.486 e. The number of hydrogen-bond acceptors (Lipinski definition) is 3. The Morgan fingerprint density at radius 3 is 2.42 bits per heavy atom. The standard InChI is InChI=1S/C31H42FNO3/c1-19-20-7-8-23-29(4,21(20)17-22(34)25(19)36-16-15-32)12-14-31(6)24-18-28(3,26(33)35)10-9-27(24,2)11-13-30(23,31)5/h7-8,17,24H,9-16,18H2,1-6H3,(H2,33,35)/t24-,27-,28-,29?,30-,31+/m1/s1. The number of carbonyl (C=O) groups excluding carboxylic acids is 2. The quantitative estimate of drug-likeness (QED) is 0.482. The van der Waals surface area contributed by atoms with E-state index in [1.54, 1.807) is 6.08 Å². The number of hydrogen-bond donors (Lipinski definition) is 1. The topological polar surface area (TPSA) is 69.4 Å². The number of amides is 1. The van der Waals surface area contributed by atoms with Crippen molar-refractivity contribution >= 4 is 11.7 Å². The highest BCUT2D eigenvalue weighted by Crippen LogP contribution is 2.75. The normalized spacial score (nSPS) is 43.8. The molecule has 4 nitrogen and oxygen atoms in total. The minimum absolute atomic E-state index is 0.0351. The van der Waals surface area contributed by atoms with Gasteiger partial charge >= 0.3 is 0 Å². The highest BCUT2D eigenvalue weighted by molar-refractivity contribution is 6.07. The van der Waals surface area contributed by atoms with E-state index in [1.165, 1.54) is 5.57 Å². The molecule has 0 radical (unpaired) electrons. The second-order valence-electron chi connectivity index (χ2n) is 13.5. The molecule has 3 saturated carbocycles. The molecule has 196 valence electrons. The molecular weight excluding hydrogens is 453 g/mol. The molecule has 3 fully saturated rings. The molecule has 1 unspecified atom stereocenters. The Hall–Kier alpha value is -2.17. The summed E-state index contributed by atoms with van der Waals surface area (Å²) < 4.78 is 18.3. The zero-order valence-corrected chi connectivity index (χ0v) is 22.9. The Labute approximate surface area is 215 Å². The fraction of sp³-hybridized carbons (Fsp3) is 0.677. The molecule has 0 saturated heterocycles. The van der Waals surface area contributed by atoms with Crippen LogP contribution in [-0.4, -0.2) is 25.0 Å². The lowest BCUT2D eigenvalue weighted by Gasteiger charge is -2.70. The monoisotopic (exact) mass is 495 g/mol. The van der Waals surface area contributed by atoms with Crippen molar-refractivity contribution in [1.82, 2.24) is 0 Å². The SMILES string of the molecule is CC1=C(OCCF)C(=O)C=C2C1=CC=C1C2(C)CC[C@@]2(C)[C@@H]3C[C@](C)(C(N)=O)CC[C@]3(C)CC[C@]12C. The highest BCUT2D eigenvalue weighted by atomic mass is 19.1. The van der Waals surface area contributed by atoms with Gasteiger partial charge in [-0.1, -0.05) is 52.3 Å². The molecule has 1 amide bonds. The van der Waals surface area contributed by atoms with Gasteiger partial charge in [0.25, 0.3) is 0 Å². The molecule has 0 aromatic heterocycles. The van der Waals surface area contributed by atoms with Crippen molar-refractivity contribution in [1.29, 1.82) is 0 Å². The van der Waals surface area contributed by atoms with E-state index in [0.717, 1.165) is 61.7 Å². The number of primary amides is 1. The third-order valence-corrected chi connectivity index (χ3v) is 11.8. The van der Waals surface area contributed by atoms with E-state index in [-0.39, 0.29) is 45.7 Å². The molecule has 5 aliphatic rings. The van der Waals surface area contributed by atoms with Crippen molar-refractivity contribution in [3.8, 4) is 0 Å². The van der Waals surface area contributed by atoms with Gasteiger partial charge in [-0.2, -0.15) is 0 Å². The van der Waals surface area contributed by atoms with Crippen LogP contribution in [0.4, 0.5) is 4.39 Å². The van der Waals surface area contributed by atoms with Crippen molar-refractivity contribution in [3.63, 3.8) is 0 Å². The van der Waals surface area contributed by atoms with Gasteiger partial charge in [-0.05, 0) is 91.3 Å². The summed E-state index contributed by atoms with van der Waals surface area (Å²) in [5.74, 6) is 0.366. The smallest absolute Gasteiger partial charge is 0.223 e. The van der Waals surface area contributed by atoms with E-state index in [1.807, 2.05) is 6.92 Å². The number of alkyl halides is 1. The van der Waals surface area contributed by atoms with Crippen LogP contribution in [-0.2, 0) is 14.3 Å². The number of ether oxygens (including phenoxy) is 1. The first-order valence-electron chi connectivity index (χ1n) is 13.7. The molecule has 0 heterocycles. The summed E-state index contributed by atoms with van der Waals surface area (Å²) in [7, 11) is 0. The number of fused-ring (bicyclic) bond motifs is 7. The zero-order valence-electron chi connectivity index (χ0n) is 22.9. The van der Waals surface area contributed by atoms with E-state index in [4.69, 9.17) is 10.5 Å². The number of rotatable bonds is 4. The van der Waals surface area contributed by atoms with Crippen LogP contribution in [0.15, 0.2) is 46.3 Å². The third-order valence-electron chi connectivity index (χ3n) is 11.8. The van der Waals surface area contributed by atoms with Crippen LogP contribution in [0.1, 0.15) is 86.5 Å². The summed E-state index contributed by atoms with van der Waals surface area (Å²) in [6.45, 7) is 12.9. The number of halogens is 1. The van der Waals surface area contributed by atoms with Gasteiger partial charge in [0, 0.05) is 16.4 Å². The summed E-state index contributed by atoms with van der Waals surface area (Å²) in [6.07, 6.45) is 13.2. The van der Waals surface area contributed by atoms with Gasteiger partial charge in [0.15, 0.2) is 5.76 Å². The van der Waals surface area contributed by atoms with Crippen LogP contribution in [0.25, 0.3) is 0 Å². The fourth-order valence-electron chi connectivity index (χ4n) is 8.99. The van der Waals surface area contributed by atoms with Crippen molar-refractivity contribution in [2.75, 3.05) is 13.3 Å². The first-order chi connectivity index (χ1) is 16.8. The van der Waals surface area contributed by atoms with Gasteiger partial charge in [-0.15, -0.1) is 0 Å². The summed E-state index contributed by atoms with van der Waals surface area (Å²) in [4.78, 5) is 25.6. The Bertz CT molecular complexity index is 1160. The Morgan fingerprint density at radius 2 is 1.75 bits per heavy atom. The molecule has 0 bridgehead atoms. The predicted molar refractivity (Wildman–Crippen MR) is 139 cm³/mol. The van der Waals surface area contributed by atoms with Gasteiger partial charge in [0.05, 0.1) is 0 Å². The molecule has 36 heavy (non-hydrogen) atoms. The molecule has 0 aromatic rings. The number of nitrogens with two attached hydrogens (primary N) is 1. The highest BCUT2D eigenvalue weighted by Gasteiger charge is 2.67. The maximum Gasteiger partial charge on any atom is 0.223 e. The molecule has 0 aromatic carbocycles. The van der Waals surface area contributed by atoms with Gasteiger partial charge in [0.2, 0.25) is 11.7 Å². The van der Waals surface area contributed by atoms with Gasteiger partial charge < -0.3 is 10.5 Å². The summed E-state index contributed by atoms with van der Waals surface area (Å²) in [5.41, 5.74) is 9.81. The minimum atomic E-state index is -0.618. The lowest BCUT2D eigenvalue weighted by atomic mass is 9.34. The molecule has 5 heteroatoms. The minimum Gasteiger partial charge on any atom is -0.486 e.